The maximum Gasteiger partial charge on any atom is -0.0348 e. The molecule has 0 fully saturated rings. The minimum Gasteiger partial charge on any atom is -0.147 e. The van der Waals surface area contributed by atoms with Crippen LogP contribution in [0.1, 0.15) is 19.3 Å². The molecule has 0 N–H and O–H groups in total. The summed E-state index contributed by atoms with van der Waals surface area (Å²) in [6, 6.07) is 0. The van der Waals surface area contributed by atoms with E-state index in [4.69, 9.17) is 0 Å². The van der Waals surface area contributed by atoms with Gasteiger partial charge < -0.3 is 0 Å². The van der Waals surface area contributed by atoms with Gasteiger partial charge in [0.2, 0.25) is 0 Å². The Hall–Kier alpha value is 0.320. The Morgan fingerprint density at radius 2 is 1.29 bits per heavy atom. The summed E-state index contributed by atoms with van der Waals surface area (Å²) in [6.07, 6.45) is 8.50. The van der Waals surface area contributed by atoms with E-state index in [0.717, 1.165) is 0 Å². The molecule has 0 bridgehead atoms. The van der Waals surface area contributed by atoms with Gasteiger partial charge >= 0.3 is 0 Å². The molecule has 0 nitrogen and oxygen atoms in total. The predicted molar refractivity (Wildman–Crippen MR) is 37.5 cm³/mol. The summed E-state index contributed by atoms with van der Waals surface area (Å²) < 4.78 is 0. The van der Waals surface area contributed by atoms with Crippen LogP contribution in [-0.2, 0) is 0 Å². The van der Waals surface area contributed by atoms with Gasteiger partial charge in [-0.1, -0.05) is 12.2 Å². The van der Waals surface area contributed by atoms with Gasteiger partial charge in [0.1, 0.15) is 0 Å². The third-order valence-corrected chi connectivity index (χ3v) is 0.908. The number of hydrogen-bond acceptors (Lipinski definition) is 0. The van der Waals surface area contributed by atoms with Crippen LogP contribution in [0.2, 0.25) is 0 Å². The minimum atomic E-state index is 0. The van der Waals surface area contributed by atoms with E-state index >= 15 is 0 Å². The second-order valence-electron chi connectivity index (χ2n) is 1.40. The van der Waals surface area contributed by atoms with E-state index in [1.165, 1.54) is 19.3 Å². The van der Waals surface area contributed by atoms with Gasteiger partial charge in [0.05, 0.1) is 0 Å². The van der Waals surface area contributed by atoms with Crippen LogP contribution in [0.5, 0.6) is 0 Å². The summed E-state index contributed by atoms with van der Waals surface area (Å²) in [6.45, 7) is 0. The number of rotatable bonds is 0. The van der Waals surface area contributed by atoms with Crippen LogP contribution in [-0.4, -0.2) is 0 Å². The average molecular weight is 141 g/mol. The number of allylic oxidation sites excluding steroid dienone is 2. The van der Waals surface area contributed by atoms with Crippen LogP contribution in [0.15, 0.2) is 12.2 Å². The van der Waals surface area contributed by atoms with E-state index in [2.05, 4.69) is 12.2 Å². The van der Waals surface area contributed by atoms with Gasteiger partial charge in [-0.15, -0.1) is 24.8 Å². The Morgan fingerprint density at radius 1 is 0.857 bits per heavy atom. The molecule has 1 rings (SSSR count). The van der Waals surface area contributed by atoms with Crippen molar-refractivity contribution in [1.82, 2.24) is 0 Å². The number of hydrogen-bond donors (Lipinski definition) is 0. The van der Waals surface area contributed by atoms with E-state index in [9.17, 15) is 0 Å². The van der Waals surface area contributed by atoms with E-state index < -0.39 is 0 Å². The molecule has 0 radical (unpaired) electrons. The van der Waals surface area contributed by atoms with Crippen molar-refractivity contribution in [2.24, 2.45) is 0 Å². The van der Waals surface area contributed by atoms with Crippen molar-refractivity contribution in [3.8, 4) is 0 Å². The summed E-state index contributed by atoms with van der Waals surface area (Å²) in [5.74, 6) is 0. The first-order chi connectivity index (χ1) is 2.50. The minimum absolute atomic E-state index is 0. The van der Waals surface area contributed by atoms with Crippen molar-refractivity contribution >= 4 is 24.8 Å². The first kappa shape index (κ1) is 10.3. The molecule has 0 saturated heterocycles. The second-order valence-corrected chi connectivity index (χ2v) is 1.40. The lowest BCUT2D eigenvalue weighted by atomic mass is 10.4. The van der Waals surface area contributed by atoms with Crippen LogP contribution in [0.25, 0.3) is 0 Å². The molecule has 0 aromatic heterocycles. The van der Waals surface area contributed by atoms with Crippen LogP contribution in [0.4, 0.5) is 0 Å². The summed E-state index contributed by atoms with van der Waals surface area (Å²) >= 11 is 0. The van der Waals surface area contributed by atoms with E-state index in [1.807, 2.05) is 0 Å². The zero-order chi connectivity index (χ0) is 3.54. The van der Waals surface area contributed by atoms with Crippen molar-refractivity contribution in [2.45, 2.75) is 19.3 Å². The SMILES string of the molecule is C1=CCCC1.Cl.Cl. The molecule has 0 atom stereocenters. The van der Waals surface area contributed by atoms with Gasteiger partial charge in [-0.05, 0) is 19.3 Å². The molecule has 0 unspecified atom stereocenters. The largest absolute Gasteiger partial charge is 0.147 e. The lowest BCUT2D eigenvalue weighted by molar-refractivity contribution is 0.929. The normalized spacial score (nSPS) is 14.9. The van der Waals surface area contributed by atoms with E-state index in [-0.39, 0.29) is 24.8 Å². The quantitative estimate of drug-likeness (QED) is 0.455. The molecule has 44 valence electrons. The molecule has 0 heterocycles. The van der Waals surface area contributed by atoms with Crippen LogP contribution >= 0.6 is 24.8 Å². The molecule has 0 spiro atoms. The molecular weight excluding hydrogens is 131 g/mol. The van der Waals surface area contributed by atoms with Gasteiger partial charge in [-0.2, -0.15) is 0 Å². The van der Waals surface area contributed by atoms with Gasteiger partial charge in [0.15, 0.2) is 0 Å². The highest BCUT2D eigenvalue weighted by molar-refractivity contribution is 5.85. The fraction of sp³-hybridized carbons (Fsp3) is 0.600. The summed E-state index contributed by atoms with van der Waals surface area (Å²) in [4.78, 5) is 0. The lowest BCUT2D eigenvalue weighted by Crippen LogP contribution is -1.50. The summed E-state index contributed by atoms with van der Waals surface area (Å²) in [5.41, 5.74) is 0. The molecule has 0 aliphatic heterocycles. The molecule has 1 aliphatic carbocycles. The van der Waals surface area contributed by atoms with Gasteiger partial charge in [-0.3, -0.25) is 0 Å². The molecule has 0 amide bonds. The average Bonchev–Trinajstić information content (AvgIpc) is 1.76. The fourth-order valence-electron chi connectivity index (χ4n) is 0.589. The van der Waals surface area contributed by atoms with Crippen molar-refractivity contribution < 1.29 is 0 Å². The molecular formula is C5H10Cl2. The lowest BCUT2D eigenvalue weighted by Gasteiger charge is -1.69. The smallest absolute Gasteiger partial charge is 0.0348 e. The second kappa shape index (κ2) is 6.32. The van der Waals surface area contributed by atoms with Crippen LogP contribution in [0, 0.1) is 0 Å². The Morgan fingerprint density at radius 3 is 1.43 bits per heavy atom. The molecule has 0 saturated carbocycles. The molecule has 2 heteroatoms. The fourth-order valence-corrected chi connectivity index (χ4v) is 0.589. The highest BCUT2D eigenvalue weighted by Gasteiger charge is 1.84. The van der Waals surface area contributed by atoms with E-state index in [0.29, 0.717) is 0 Å². The Balaban J connectivity index is 0. The molecule has 0 aromatic carbocycles. The molecule has 0 aromatic rings. The first-order valence-electron chi connectivity index (χ1n) is 2.15. The highest BCUT2D eigenvalue weighted by atomic mass is 35.5. The monoisotopic (exact) mass is 140 g/mol. The third-order valence-electron chi connectivity index (χ3n) is 0.908. The maximum absolute atomic E-state index is 2.24. The van der Waals surface area contributed by atoms with Gasteiger partial charge in [-0.25, -0.2) is 0 Å². The first-order valence-corrected chi connectivity index (χ1v) is 2.15. The van der Waals surface area contributed by atoms with Crippen molar-refractivity contribution in [3.05, 3.63) is 12.2 Å². The zero-order valence-electron chi connectivity index (χ0n) is 4.09. The third kappa shape index (κ3) is 4.17. The van der Waals surface area contributed by atoms with Gasteiger partial charge in [0.25, 0.3) is 0 Å². The number of halogens is 2. The van der Waals surface area contributed by atoms with Crippen molar-refractivity contribution in [1.29, 1.82) is 0 Å². The topological polar surface area (TPSA) is 0 Å². The standard InChI is InChI=1S/C5H8.2ClH/c1-2-4-5-3-1;;/h1-2H,3-5H2;2*1H. The van der Waals surface area contributed by atoms with Gasteiger partial charge in [0, 0.05) is 0 Å². The Bertz CT molecular complexity index is 44.0. The zero-order valence-corrected chi connectivity index (χ0v) is 5.73. The molecule has 7 heavy (non-hydrogen) atoms. The van der Waals surface area contributed by atoms with Crippen LogP contribution in [0.3, 0.4) is 0 Å². The maximum atomic E-state index is 2.24. The van der Waals surface area contributed by atoms with Crippen molar-refractivity contribution in [3.63, 3.8) is 0 Å². The summed E-state index contributed by atoms with van der Waals surface area (Å²) in [7, 11) is 0. The van der Waals surface area contributed by atoms with E-state index in [1.54, 1.807) is 0 Å². The predicted octanol–water partition coefficient (Wildman–Crippen LogP) is 2.57. The van der Waals surface area contributed by atoms with Crippen molar-refractivity contribution in [2.75, 3.05) is 0 Å². The Kier molecular flexibility index (Phi) is 9.33. The Labute approximate surface area is 56.8 Å². The molecule has 1 aliphatic rings. The summed E-state index contributed by atoms with van der Waals surface area (Å²) in [5, 5.41) is 0. The highest BCUT2D eigenvalue weighted by Crippen LogP contribution is 2.05. The van der Waals surface area contributed by atoms with Crippen LogP contribution < -0.4 is 0 Å².